The standard InChI is InChI=1S/C20H23Cl2FN2O3S2/c1-30(27,28)25(19-13-16(21)8-9-17(19)22)11-4-7-20(26)24-10-12-29-14-15-5-2-3-6-18(15)23/h2-3,5-6,8-9,13H,4,7,10-12,14H2,1H3,(H,24,26). The molecule has 1 N–H and O–H groups in total. The molecule has 5 nitrogen and oxygen atoms in total. The van der Waals surface area contributed by atoms with Crippen LogP contribution in [0.25, 0.3) is 0 Å². The molecule has 0 unspecified atom stereocenters. The Hall–Kier alpha value is -1.48. The first-order valence-corrected chi connectivity index (χ1v) is 12.9. The second-order valence-corrected chi connectivity index (χ2v) is 10.4. The third kappa shape index (κ3) is 7.98. The number of hydrogen-bond donors (Lipinski definition) is 1. The lowest BCUT2D eigenvalue weighted by atomic mass is 10.2. The van der Waals surface area contributed by atoms with E-state index < -0.39 is 10.0 Å². The number of amides is 1. The molecule has 2 rings (SSSR count). The van der Waals surface area contributed by atoms with Crippen molar-refractivity contribution in [3.63, 3.8) is 0 Å². The minimum Gasteiger partial charge on any atom is -0.355 e. The number of benzene rings is 2. The van der Waals surface area contributed by atoms with Gasteiger partial charge in [0.2, 0.25) is 15.9 Å². The van der Waals surface area contributed by atoms with Gasteiger partial charge in [0.05, 0.1) is 17.0 Å². The summed E-state index contributed by atoms with van der Waals surface area (Å²) in [6.45, 7) is 0.558. The number of thioether (sulfide) groups is 1. The molecule has 0 atom stereocenters. The van der Waals surface area contributed by atoms with E-state index in [0.29, 0.717) is 35.1 Å². The van der Waals surface area contributed by atoms with Crippen LogP contribution in [0.15, 0.2) is 42.5 Å². The zero-order valence-electron chi connectivity index (χ0n) is 16.4. The quantitative estimate of drug-likeness (QED) is 0.460. The lowest BCUT2D eigenvalue weighted by molar-refractivity contribution is -0.121. The molecule has 30 heavy (non-hydrogen) atoms. The second kappa shape index (κ2) is 11.8. The lowest BCUT2D eigenvalue weighted by Gasteiger charge is -2.23. The van der Waals surface area contributed by atoms with Gasteiger partial charge in [-0.2, -0.15) is 11.8 Å². The molecule has 0 saturated heterocycles. The van der Waals surface area contributed by atoms with Gasteiger partial charge in [0.25, 0.3) is 0 Å². The molecule has 0 aliphatic carbocycles. The van der Waals surface area contributed by atoms with Crippen molar-refractivity contribution in [2.45, 2.75) is 18.6 Å². The molecule has 2 aromatic rings. The van der Waals surface area contributed by atoms with Gasteiger partial charge in [0, 0.05) is 36.0 Å². The van der Waals surface area contributed by atoms with Crippen molar-refractivity contribution in [3.8, 4) is 0 Å². The van der Waals surface area contributed by atoms with Crippen LogP contribution in [0.4, 0.5) is 10.1 Å². The maximum atomic E-state index is 13.5. The zero-order chi connectivity index (χ0) is 22.1. The molecule has 2 aromatic carbocycles. The highest BCUT2D eigenvalue weighted by Gasteiger charge is 2.20. The van der Waals surface area contributed by atoms with E-state index in [0.717, 1.165) is 10.6 Å². The minimum atomic E-state index is -3.58. The maximum absolute atomic E-state index is 13.5. The minimum absolute atomic E-state index is 0.106. The van der Waals surface area contributed by atoms with Crippen molar-refractivity contribution < 1.29 is 17.6 Å². The van der Waals surface area contributed by atoms with E-state index in [1.54, 1.807) is 24.3 Å². The second-order valence-electron chi connectivity index (χ2n) is 6.53. The van der Waals surface area contributed by atoms with E-state index >= 15 is 0 Å². The Kier molecular flexibility index (Phi) is 9.74. The van der Waals surface area contributed by atoms with Crippen LogP contribution in [-0.4, -0.2) is 39.4 Å². The molecule has 0 aromatic heterocycles. The number of hydrogen-bond acceptors (Lipinski definition) is 4. The number of nitrogens with zero attached hydrogens (tertiary/aromatic N) is 1. The number of carbonyl (C=O) groups excluding carboxylic acids is 1. The Balaban J connectivity index is 1.75. The monoisotopic (exact) mass is 492 g/mol. The van der Waals surface area contributed by atoms with Crippen LogP contribution in [-0.2, 0) is 20.6 Å². The molecule has 0 bridgehead atoms. The predicted molar refractivity (Wildman–Crippen MR) is 123 cm³/mol. The van der Waals surface area contributed by atoms with E-state index in [9.17, 15) is 17.6 Å². The highest BCUT2D eigenvalue weighted by atomic mass is 35.5. The molecular weight excluding hydrogens is 470 g/mol. The molecule has 0 aliphatic heterocycles. The molecule has 0 aliphatic rings. The van der Waals surface area contributed by atoms with Crippen molar-refractivity contribution in [2.75, 3.05) is 29.4 Å². The van der Waals surface area contributed by atoms with Gasteiger partial charge in [-0.05, 0) is 36.2 Å². The molecule has 1 amide bonds. The van der Waals surface area contributed by atoms with E-state index in [1.165, 1.54) is 30.0 Å². The van der Waals surface area contributed by atoms with Crippen molar-refractivity contribution in [3.05, 3.63) is 63.9 Å². The molecular formula is C20H23Cl2FN2O3S2. The van der Waals surface area contributed by atoms with Gasteiger partial charge in [0.15, 0.2) is 0 Å². The topological polar surface area (TPSA) is 66.5 Å². The average molecular weight is 493 g/mol. The first-order chi connectivity index (χ1) is 14.2. The Bertz CT molecular complexity index is 974. The van der Waals surface area contributed by atoms with Crippen LogP contribution in [0.3, 0.4) is 0 Å². The van der Waals surface area contributed by atoms with Crippen LogP contribution in [0.1, 0.15) is 18.4 Å². The number of anilines is 1. The summed E-state index contributed by atoms with van der Waals surface area (Å²) in [5, 5.41) is 3.42. The van der Waals surface area contributed by atoms with Gasteiger partial charge in [-0.1, -0.05) is 41.4 Å². The Morgan fingerprint density at radius 2 is 1.93 bits per heavy atom. The number of rotatable bonds is 11. The van der Waals surface area contributed by atoms with Crippen molar-refractivity contribution >= 4 is 56.6 Å². The van der Waals surface area contributed by atoms with Crippen molar-refractivity contribution in [2.24, 2.45) is 0 Å². The normalized spacial score (nSPS) is 11.3. The van der Waals surface area contributed by atoms with Gasteiger partial charge in [-0.3, -0.25) is 9.10 Å². The van der Waals surface area contributed by atoms with Gasteiger partial charge >= 0.3 is 0 Å². The summed E-state index contributed by atoms with van der Waals surface area (Å²) in [5.41, 5.74) is 0.922. The highest BCUT2D eigenvalue weighted by Crippen LogP contribution is 2.30. The van der Waals surface area contributed by atoms with Crippen molar-refractivity contribution in [1.82, 2.24) is 5.32 Å². The number of nitrogens with one attached hydrogen (secondary N) is 1. The first kappa shape index (κ1) is 24.8. The smallest absolute Gasteiger partial charge is 0.232 e. The van der Waals surface area contributed by atoms with Gasteiger partial charge in [0.1, 0.15) is 5.82 Å². The third-order valence-corrected chi connectivity index (χ3v) is 6.87. The first-order valence-electron chi connectivity index (χ1n) is 9.19. The number of sulfonamides is 1. The Morgan fingerprint density at radius 3 is 2.63 bits per heavy atom. The summed E-state index contributed by atoms with van der Waals surface area (Å²) in [6.07, 6.45) is 1.57. The SMILES string of the molecule is CS(=O)(=O)N(CCCC(=O)NCCSCc1ccccc1F)c1cc(Cl)ccc1Cl. The summed E-state index contributed by atoms with van der Waals surface area (Å²) in [5.74, 6) is 0.774. The van der Waals surface area contributed by atoms with Crippen LogP contribution in [0.2, 0.25) is 10.0 Å². The van der Waals surface area contributed by atoms with Gasteiger partial charge in [-0.15, -0.1) is 0 Å². The van der Waals surface area contributed by atoms with Gasteiger partial charge in [-0.25, -0.2) is 12.8 Å². The van der Waals surface area contributed by atoms with Crippen LogP contribution < -0.4 is 9.62 Å². The Labute approximate surface area is 191 Å². The maximum Gasteiger partial charge on any atom is 0.232 e. The third-order valence-electron chi connectivity index (χ3n) is 4.13. The molecule has 0 saturated carbocycles. The van der Waals surface area contributed by atoms with Crippen LogP contribution >= 0.6 is 35.0 Å². The summed E-state index contributed by atoms with van der Waals surface area (Å²) in [4.78, 5) is 12.0. The average Bonchev–Trinajstić information content (AvgIpc) is 2.67. The number of halogens is 3. The fourth-order valence-electron chi connectivity index (χ4n) is 2.67. The summed E-state index contributed by atoms with van der Waals surface area (Å²) in [7, 11) is -3.58. The molecule has 0 heterocycles. The molecule has 0 radical (unpaired) electrons. The Morgan fingerprint density at radius 1 is 1.20 bits per heavy atom. The fraction of sp³-hybridized carbons (Fsp3) is 0.350. The summed E-state index contributed by atoms with van der Waals surface area (Å²) in [6, 6.07) is 11.2. The van der Waals surface area contributed by atoms with Crippen molar-refractivity contribution in [1.29, 1.82) is 0 Å². The summed E-state index contributed by atoms with van der Waals surface area (Å²) >= 11 is 13.6. The van der Waals surface area contributed by atoms with Crippen LogP contribution in [0.5, 0.6) is 0 Å². The van der Waals surface area contributed by atoms with E-state index in [2.05, 4.69) is 5.32 Å². The zero-order valence-corrected chi connectivity index (χ0v) is 19.6. The van der Waals surface area contributed by atoms with Gasteiger partial charge < -0.3 is 5.32 Å². The van der Waals surface area contributed by atoms with E-state index in [1.807, 2.05) is 0 Å². The lowest BCUT2D eigenvalue weighted by Crippen LogP contribution is -2.32. The highest BCUT2D eigenvalue weighted by molar-refractivity contribution is 7.98. The predicted octanol–water partition coefficient (Wildman–Crippen LogP) is 4.73. The largest absolute Gasteiger partial charge is 0.355 e. The van der Waals surface area contributed by atoms with E-state index in [-0.39, 0.29) is 35.4 Å². The molecule has 0 spiro atoms. The fourth-order valence-corrected chi connectivity index (χ4v) is 4.92. The molecule has 0 fully saturated rings. The molecule has 10 heteroatoms. The summed E-state index contributed by atoms with van der Waals surface area (Å²) < 4.78 is 39.0. The molecule has 164 valence electrons. The van der Waals surface area contributed by atoms with E-state index in [4.69, 9.17) is 23.2 Å². The number of carbonyl (C=O) groups is 1. The van der Waals surface area contributed by atoms with Crippen LogP contribution in [0, 0.1) is 5.82 Å².